The number of rotatable bonds is 25. The topological polar surface area (TPSA) is 112 Å². The van der Waals surface area contributed by atoms with Crippen LogP contribution in [0.4, 0.5) is 0 Å². The molecule has 0 aliphatic heterocycles. The second-order valence-electron chi connectivity index (χ2n) is 14.3. The van der Waals surface area contributed by atoms with Crippen LogP contribution >= 0.6 is 0 Å². The molecule has 0 atom stereocenters. The van der Waals surface area contributed by atoms with Gasteiger partial charge in [-0.3, -0.25) is 0 Å². The summed E-state index contributed by atoms with van der Waals surface area (Å²) in [7, 11) is 0. The van der Waals surface area contributed by atoms with Crippen molar-refractivity contribution in [2.75, 3.05) is 39.6 Å². The molecule has 3 aromatic carbocycles. The predicted octanol–water partition coefficient (Wildman–Crippen LogP) is 8.74. The Kier molecular flexibility index (Phi) is 18.5. The van der Waals surface area contributed by atoms with E-state index < -0.39 is 17.4 Å². The molecular weight excluding hydrogens is 680 g/mol. The van der Waals surface area contributed by atoms with E-state index in [0.717, 1.165) is 47.9 Å². The van der Waals surface area contributed by atoms with Crippen LogP contribution in [0.3, 0.4) is 0 Å². The second kappa shape index (κ2) is 22.7. The first-order valence-corrected chi connectivity index (χ1v) is 19.5. The van der Waals surface area contributed by atoms with E-state index in [1.807, 2.05) is 19.1 Å². The zero-order valence-electron chi connectivity index (χ0n) is 33.3. The molecule has 0 amide bonds. The van der Waals surface area contributed by atoms with Crippen LogP contribution in [0.1, 0.15) is 94.5 Å². The van der Waals surface area contributed by atoms with Crippen molar-refractivity contribution in [3.05, 3.63) is 107 Å². The van der Waals surface area contributed by atoms with Gasteiger partial charge in [0.25, 0.3) is 0 Å². The monoisotopic (exact) mass is 742 g/mol. The van der Waals surface area contributed by atoms with E-state index >= 15 is 0 Å². The lowest BCUT2D eigenvalue weighted by atomic mass is 9.81. The molecule has 0 saturated heterocycles. The third-order valence-electron chi connectivity index (χ3n) is 9.99. The molecule has 54 heavy (non-hydrogen) atoms. The zero-order valence-corrected chi connectivity index (χ0v) is 33.3. The van der Waals surface area contributed by atoms with Crippen LogP contribution in [-0.2, 0) is 51.2 Å². The van der Waals surface area contributed by atoms with Crippen molar-refractivity contribution in [3.63, 3.8) is 0 Å². The zero-order chi connectivity index (χ0) is 39.5. The third kappa shape index (κ3) is 13.5. The maximum Gasteiger partial charge on any atom is 0.333 e. The molecule has 0 aliphatic rings. The number of aliphatic hydroxyl groups is 2. The lowest BCUT2D eigenvalue weighted by molar-refractivity contribution is -0.140. The summed E-state index contributed by atoms with van der Waals surface area (Å²) >= 11 is 0. The number of carbonyl (C=O) groups is 2. The Hall–Kier alpha value is -4.40. The fourth-order valence-electron chi connectivity index (χ4n) is 6.19. The Morgan fingerprint density at radius 3 is 1.72 bits per heavy atom. The highest BCUT2D eigenvalue weighted by Gasteiger charge is 2.27. The first-order chi connectivity index (χ1) is 26.0. The van der Waals surface area contributed by atoms with E-state index in [1.165, 1.54) is 36.0 Å². The van der Waals surface area contributed by atoms with Gasteiger partial charge >= 0.3 is 11.9 Å². The summed E-state index contributed by atoms with van der Waals surface area (Å²) in [5.74, 6) is 0.212. The second-order valence-corrected chi connectivity index (χ2v) is 14.3. The van der Waals surface area contributed by atoms with Gasteiger partial charge in [0.05, 0.1) is 13.2 Å². The van der Waals surface area contributed by atoms with Crippen molar-refractivity contribution < 1.29 is 38.7 Å². The molecule has 0 unspecified atom stereocenters. The summed E-state index contributed by atoms with van der Waals surface area (Å²) in [6, 6.07) is 19.5. The van der Waals surface area contributed by atoms with E-state index in [-0.39, 0.29) is 39.6 Å². The predicted molar refractivity (Wildman–Crippen MR) is 216 cm³/mol. The summed E-state index contributed by atoms with van der Waals surface area (Å²) in [6.07, 6.45) is 9.06. The van der Waals surface area contributed by atoms with Crippen LogP contribution in [0.15, 0.2) is 78.9 Å². The highest BCUT2D eigenvalue weighted by molar-refractivity contribution is 5.87. The first kappa shape index (κ1) is 44.0. The number of unbranched alkanes of at least 4 members (excludes halogenated alkanes) is 2. The molecule has 0 aliphatic carbocycles. The number of aliphatic hydroxyl groups excluding tert-OH is 2. The number of aryl methyl sites for hydroxylation is 5. The largest absolute Gasteiger partial charge is 0.490 e. The summed E-state index contributed by atoms with van der Waals surface area (Å²) in [4.78, 5) is 24.1. The van der Waals surface area contributed by atoms with E-state index in [4.69, 9.17) is 18.9 Å². The quantitative estimate of drug-likeness (QED) is 0.0504. The van der Waals surface area contributed by atoms with Gasteiger partial charge in [0.2, 0.25) is 0 Å². The number of hydrogen-bond acceptors (Lipinski definition) is 8. The van der Waals surface area contributed by atoms with Crippen molar-refractivity contribution in [1.82, 2.24) is 0 Å². The van der Waals surface area contributed by atoms with Gasteiger partial charge < -0.3 is 29.2 Å². The van der Waals surface area contributed by atoms with Crippen molar-refractivity contribution >= 4 is 11.9 Å². The van der Waals surface area contributed by atoms with Gasteiger partial charge in [-0.05, 0) is 111 Å². The molecule has 8 nitrogen and oxygen atoms in total. The van der Waals surface area contributed by atoms with Gasteiger partial charge in [-0.2, -0.15) is 0 Å². The third-order valence-corrected chi connectivity index (χ3v) is 9.99. The van der Waals surface area contributed by atoms with Crippen molar-refractivity contribution in [1.29, 1.82) is 0 Å². The average molecular weight is 743 g/mol. The van der Waals surface area contributed by atoms with E-state index in [9.17, 15) is 19.8 Å². The van der Waals surface area contributed by atoms with E-state index in [1.54, 1.807) is 13.8 Å². The van der Waals surface area contributed by atoms with Gasteiger partial charge in [0.1, 0.15) is 37.9 Å². The summed E-state index contributed by atoms with van der Waals surface area (Å²) < 4.78 is 23.3. The lowest BCUT2D eigenvalue weighted by Gasteiger charge is -2.29. The minimum atomic E-state index is -0.660. The maximum atomic E-state index is 12.1. The minimum absolute atomic E-state index is 0.0372. The smallest absolute Gasteiger partial charge is 0.333 e. The molecule has 0 fully saturated rings. The van der Waals surface area contributed by atoms with Crippen LogP contribution in [0.5, 0.6) is 11.5 Å². The van der Waals surface area contributed by atoms with Crippen molar-refractivity contribution in [3.8, 4) is 22.6 Å². The summed E-state index contributed by atoms with van der Waals surface area (Å²) in [6.45, 7) is 16.8. The van der Waals surface area contributed by atoms with Crippen LogP contribution in [0.25, 0.3) is 11.1 Å². The van der Waals surface area contributed by atoms with E-state index in [2.05, 4.69) is 69.5 Å². The molecule has 8 heteroatoms. The van der Waals surface area contributed by atoms with Gasteiger partial charge in [-0.1, -0.05) is 89.2 Å². The first-order valence-electron chi connectivity index (χ1n) is 19.5. The van der Waals surface area contributed by atoms with Gasteiger partial charge in [0, 0.05) is 22.1 Å². The standard InChI is InChI=1S/C46H62O8/c1-8-11-12-13-35-14-16-36(17-15-35)18-19-37-20-21-40(38(9-2)28-37)41-30-42(51-24-26-53-44(49)33(4)5)39(22-23-46(10-3,31-47)32-48)29-43(41)52-25-27-54-45(50)34(6)7/h14-17,20-21,28-30,47-48H,4,6,8-13,18-19,22-27,31-32H2,1-3,5,7H3. The minimum Gasteiger partial charge on any atom is -0.490 e. The highest BCUT2D eigenvalue weighted by atomic mass is 16.6. The number of carbonyl (C=O) groups excluding carboxylic acids is 2. The van der Waals surface area contributed by atoms with Crippen molar-refractivity contribution in [2.45, 2.75) is 98.8 Å². The number of esters is 2. The molecule has 0 heterocycles. The molecule has 0 aromatic heterocycles. The highest BCUT2D eigenvalue weighted by Crippen LogP contribution is 2.40. The van der Waals surface area contributed by atoms with Gasteiger partial charge in [-0.15, -0.1) is 0 Å². The SMILES string of the molecule is C=C(C)C(=O)OCCOc1cc(-c2ccc(CCc3ccc(CCCCC)cc3)cc2CC)c(OCCOC(=O)C(=C)C)cc1CCC(CC)(CO)CO. The Balaban J connectivity index is 1.98. The summed E-state index contributed by atoms with van der Waals surface area (Å²) in [5, 5.41) is 20.4. The molecule has 3 rings (SSSR count). The summed E-state index contributed by atoms with van der Waals surface area (Å²) in [5.41, 5.74) is 7.68. The number of hydrogen-bond donors (Lipinski definition) is 2. The molecule has 0 spiro atoms. The van der Waals surface area contributed by atoms with Crippen LogP contribution in [0.2, 0.25) is 0 Å². The molecular formula is C46H62O8. The fraction of sp³-hybridized carbons (Fsp3) is 0.478. The van der Waals surface area contributed by atoms with E-state index in [0.29, 0.717) is 41.9 Å². The van der Waals surface area contributed by atoms with Crippen LogP contribution in [-0.4, -0.2) is 61.8 Å². The fourth-order valence-corrected chi connectivity index (χ4v) is 6.19. The normalized spacial score (nSPS) is 11.2. The van der Waals surface area contributed by atoms with Gasteiger partial charge in [-0.25, -0.2) is 9.59 Å². The molecule has 0 radical (unpaired) electrons. The maximum absolute atomic E-state index is 12.1. The Morgan fingerprint density at radius 2 is 1.19 bits per heavy atom. The molecule has 0 saturated carbocycles. The molecule has 3 aromatic rings. The van der Waals surface area contributed by atoms with Crippen LogP contribution in [0, 0.1) is 5.41 Å². The van der Waals surface area contributed by atoms with Crippen molar-refractivity contribution in [2.24, 2.45) is 5.41 Å². The molecule has 294 valence electrons. The molecule has 2 N–H and O–H groups in total. The number of ether oxygens (including phenoxy) is 4. The van der Waals surface area contributed by atoms with Gasteiger partial charge in [0.15, 0.2) is 0 Å². The average Bonchev–Trinajstić information content (AvgIpc) is 3.18. The lowest BCUT2D eigenvalue weighted by Crippen LogP contribution is -2.29. The Labute approximate surface area is 323 Å². The Morgan fingerprint density at radius 1 is 0.630 bits per heavy atom. The molecule has 0 bridgehead atoms. The van der Waals surface area contributed by atoms with Crippen LogP contribution < -0.4 is 9.47 Å². The Bertz CT molecular complexity index is 1660. The number of benzene rings is 3.